The Kier molecular flexibility index (Phi) is 7.48. The minimum absolute atomic E-state index is 0.0725. The van der Waals surface area contributed by atoms with E-state index in [1.54, 1.807) is 11.8 Å². The zero-order valence-electron chi connectivity index (χ0n) is 19.8. The lowest BCUT2D eigenvalue weighted by Crippen LogP contribution is -2.26. The quantitative estimate of drug-likeness (QED) is 0.335. The van der Waals surface area contributed by atoms with Crippen LogP contribution in [0, 0.1) is 11.3 Å². The minimum atomic E-state index is -0.958. The molecule has 0 saturated heterocycles. The zero-order valence-corrected chi connectivity index (χ0v) is 21.5. The molecule has 3 aromatic rings. The lowest BCUT2D eigenvalue weighted by atomic mass is 9.72. The highest BCUT2D eigenvalue weighted by molar-refractivity contribution is 7.99. The molecule has 0 fully saturated rings. The fourth-order valence-corrected chi connectivity index (χ4v) is 7.05. The molecule has 4 nitrogen and oxygen atoms in total. The van der Waals surface area contributed by atoms with Crippen LogP contribution in [0.4, 0.5) is 5.00 Å². The first-order valence-corrected chi connectivity index (χ1v) is 13.4. The van der Waals surface area contributed by atoms with Gasteiger partial charge in [0.15, 0.2) is 0 Å². The third kappa shape index (κ3) is 5.73. The van der Waals surface area contributed by atoms with Gasteiger partial charge < -0.3 is 10.4 Å². The average molecular weight is 494 g/mol. The predicted molar refractivity (Wildman–Crippen MR) is 141 cm³/mol. The maximum Gasteiger partial charge on any atom is 0.339 e. The van der Waals surface area contributed by atoms with Gasteiger partial charge in [0.25, 0.3) is 0 Å². The van der Waals surface area contributed by atoms with Crippen LogP contribution in [0.3, 0.4) is 0 Å². The largest absolute Gasteiger partial charge is 0.478 e. The number of carboxylic acid groups (broad SMARTS) is 1. The van der Waals surface area contributed by atoms with Crippen LogP contribution < -0.4 is 5.32 Å². The van der Waals surface area contributed by atoms with Crippen molar-refractivity contribution in [1.29, 1.82) is 0 Å². The molecule has 178 valence electrons. The van der Waals surface area contributed by atoms with Crippen LogP contribution in [0.1, 0.15) is 65.2 Å². The number of carbonyl (C=O) groups excluding carboxylic acids is 1. The molecule has 1 amide bonds. The van der Waals surface area contributed by atoms with Crippen molar-refractivity contribution >= 4 is 40.0 Å². The van der Waals surface area contributed by atoms with Gasteiger partial charge in [0, 0.05) is 21.4 Å². The van der Waals surface area contributed by atoms with Crippen molar-refractivity contribution < 1.29 is 14.7 Å². The summed E-state index contributed by atoms with van der Waals surface area (Å²) in [6.07, 6.45) is 2.86. The number of nitrogens with one attached hydrogen (secondary N) is 1. The number of benzene rings is 2. The van der Waals surface area contributed by atoms with Gasteiger partial charge in [0.2, 0.25) is 5.91 Å². The monoisotopic (exact) mass is 493 g/mol. The Morgan fingerprint density at radius 2 is 1.74 bits per heavy atom. The number of thioether (sulfide) groups is 1. The van der Waals surface area contributed by atoms with Crippen molar-refractivity contribution in [2.75, 3.05) is 5.32 Å². The molecule has 2 unspecified atom stereocenters. The molecular weight excluding hydrogens is 462 g/mol. The minimum Gasteiger partial charge on any atom is -0.478 e. The first-order chi connectivity index (χ1) is 16.2. The summed E-state index contributed by atoms with van der Waals surface area (Å²) in [7, 11) is 0. The number of fused-ring (bicyclic) bond motifs is 1. The summed E-state index contributed by atoms with van der Waals surface area (Å²) in [5.74, 6) is -0.611. The molecule has 2 atom stereocenters. The van der Waals surface area contributed by atoms with Gasteiger partial charge >= 0.3 is 5.97 Å². The van der Waals surface area contributed by atoms with E-state index in [4.69, 9.17) is 0 Å². The van der Waals surface area contributed by atoms with E-state index >= 15 is 0 Å². The molecule has 2 N–H and O–H groups in total. The fraction of sp³-hybridized carbons (Fsp3) is 0.357. The van der Waals surface area contributed by atoms with Gasteiger partial charge in [-0.05, 0) is 53.9 Å². The Balaban J connectivity index is 1.55. The third-order valence-corrected chi connectivity index (χ3v) is 8.96. The average Bonchev–Trinajstić information content (AvgIpc) is 3.16. The molecule has 0 radical (unpaired) electrons. The molecule has 4 rings (SSSR count). The molecule has 1 aliphatic rings. The molecule has 1 aromatic heterocycles. The summed E-state index contributed by atoms with van der Waals surface area (Å²) in [6, 6.07) is 20.0. The predicted octanol–water partition coefficient (Wildman–Crippen LogP) is 7.46. The highest BCUT2D eigenvalue weighted by atomic mass is 32.2. The van der Waals surface area contributed by atoms with Crippen LogP contribution in [0.2, 0.25) is 0 Å². The van der Waals surface area contributed by atoms with E-state index in [2.05, 4.69) is 26.1 Å². The van der Waals surface area contributed by atoms with Gasteiger partial charge in [-0.25, -0.2) is 4.79 Å². The van der Waals surface area contributed by atoms with Crippen molar-refractivity contribution in [3.8, 4) is 0 Å². The first kappa shape index (κ1) is 24.6. The lowest BCUT2D eigenvalue weighted by Gasteiger charge is -2.33. The summed E-state index contributed by atoms with van der Waals surface area (Å²) in [4.78, 5) is 27.5. The summed E-state index contributed by atoms with van der Waals surface area (Å²) in [5.41, 5.74) is 2.44. The molecule has 0 spiro atoms. The zero-order chi connectivity index (χ0) is 24.3. The van der Waals surface area contributed by atoms with Crippen molar-refractivity contribution in [2.45, 2.75) is 56.6 Å². The van der Waals surface area contributed by atoms with E-state index < -0.39 is 5.97 Å². The molecule has 0 aliphatic heterocycles. The standard InChI is InChI=1S/C28H31NO3S2/c1-28(2,3)19-14-15-21-23(16-19)34-26(25(21)27(31)32)29-24(30)17-22(18-10-6-4-7-11-18)33-20-12-8-5-9-13-20/h4-13,19,22H,14-17H2,1-3H3,(H,29,30)(H,31,32). The smallest absolute Gasteiger partial charge is 0.339 e. The van der Waals surface area contributed by atoms with Gasteiger partial charge in [-0.3, -0.25) is 4.79 Å². The van der Waals surface area contributed by atoms with Crippen molar-refractivity contribution in [2.24, 2.45) is 11.3 Å². The van der Waals surface area contributed by atoms with Crippen LogP contribution in [0.25, 0.3) is 0 Å². The molecule has 1 aliphatic carbocycles. The summed E-state index contributed by atoms with van der Waals surface area (Å²) >= 11 is 3.09. The second kappa shape index (κ2) is 10.4. The number of rotatable bonds is 7. The van der Waals surface area contributed by atoms with Crippen LogP contribution in [0.5, 0.6) is 0 Å². The normalized spacial score (nSPS) is 16.5. The van der Waals surface area contributed by atoms with Gasteiger partial charge in [-0.2, -0.15) is 0 Å². The molecule has 0 saturated carbocycles. The van der Waals surface area contributed by atoms with Gasteiger partial charge in [0.1, 0.15) is 5.00 Å². The second-order valence-electron chi connectivity index (χ2n) is 9.90. The van der Waals surface area contributed by atoms with Crippen molar-refractivity contribution in [1.82, 2.24) is 0 Å². The van der Waals surface area contributed by atoms with E-state index in [1.165, 1.54) is 11.3 Å². The SMILES string of the molecule is CC(C)(C)C1CCc2c(sc(NC(=O)CC(Sc3ccccc3)c3ccccc3)c2C(=O)O)C1. The second-order valence-corrected chi connectivity index (χ2v) is 12.3. The number of amides is 1. The first-order valence-electron chi connectivity index (χ1n) is 11.7. The Bertz CT molecular complexity index is 1150. The Morgan fingerprint density at radius 1 is 1.09 bits per heavy atom. The third-order valence-electron chi connectivity index (χ3n) is 6.52. The Labute approximate surface area is 209 Å². The number of hydrogen-bond donors (Lipinski definition) is 2. The van der Waals surface area contributed by atoms with E-state index in [0.717, 1.165) is 40.2 Å². The van der Waals surface area contributed by atoms with Crippen molar-refractivity contribution in [3.05, 3.63) is 82.2 Å². The number of thiophene rings is 1. The fourth-order valence-electron chi connectivity index (χ4n) is 4.54. The topological polar surface area (TPSA) is 66.4 Å². The van der Waals surface area contributed by atoms with Crippen molar-refractivity contribution in [3.63, 3.8) is 0 Å². The molecule has 0 bridgehead atoms. The van der Waals surface area contributed by atoms with E-state index in [9.17, 15) is 14.7 Å². The Hall–Kier alpha value is -2.57. The Morgan fingerprint density at radius 3 is 2.35 bits per heavy atom. The van der Waals surface area contributed by atoms with Crippen LogP contribution in [0.15, 0.2) is 65.6 Å². The maximum atomic E-state index is 13.2. The maximum absolute atomic E-state index is 13.2. The van der Waals surface area contributed by atoms with Gasteiger partial charge in [-0.1, -0.05) is 69.3 Å². The van der Waals surface area contributed by atoms with Gasteiger partial charge in [-0.15, -0.1) is 23.1 Å². The van der Waals surface area contributed by atoms with E-state index in [0.29, 0.717) is 10.9 Å². The van der Waals surface area contributed by atoms with Crippen LogP contribution in [-0.2, 0) is 17.6 Å². The summed E-state index contributed by atoms with van der Waals surface area (Å²) in [5, 5.41) is 13.3. The van der Waals surface area contributed by atoms with Gasteiger partial charge in [0.05, 0.1) is 5.56 Å². The van der Waals surface area contributed by atoms with E-state index in [-0.39, 0.29) is 28.6 Å². The number of carboxylic acids is 1. The number of aromatic carboxylic acids is 1. The summed E-state index contributed by atoms with van der Waals surface area (Å²) in [6.45, 7) is 6.72. The highest BCUT2D eigenvalue weighted by Crippen LogP contribution is 2.45. The number of hydrogen-bond acceptors (Lipinski definition) is 4. The molecule has 34 heavy (non-hydrogen) atoms. The number of anilines is 1. The van der Waals surface area contributed by atoms with Crippen LogP contribution in [-0.4, -0.2) is 17.0 Å². The number of carbonyl (C=O) groups is 2. The highest BCUT2D eigenvalue weighted by Gasteiger charge is 2.34. The molecule has 1 heterocycles. The van der Waals surface area contributed by atoms with E-state index in [1.807, 2.05) is 60.7 Å². The molecule has 2 aromatic carbocycles. The molecular formula is C28H31NO3S2. The summed E-state index contributed by atoms with van der Waals surface area (Å²) < 4.78 is 0. The molecule has 6 heteroatoms. The van der Waals surface area contributed by atoms with Crippen LogP contribution >= 0.6 is 23.1 Å². The lowest BCUT2D eigenvalue weighted by molar-refractivity contribution is -0.116.